The predicted octanol–water partition coefficient (Wildman–Crippen LogP) is 3.09. The maximum Gasteiger partial charge on any atom is 0.252 e. The van der Waals surface area contributed by atoms with E-state index >= 15 is 0 Å². The van der Waals surface area contributed by atoms with Gasteiger partial charge in [0.2, 0.25) is 15.6 Å². The van der Waals surface area contributed by atoms with E-state index in [1.807, 2.05) is 6.92 Å². The molecule has 0 saturated carbocycles. The van der Waals surface area contributed by atoms with Crippen LogP contribution in [0.3, 0.4) is 0 Å². The number of sulfonamides is 1. The number of amides is 1. The molecular formula is C25H36N4O4S. The molecule has 2 fully saturated rings. The largest absolute Gasteiger partial charge is 0.352 e. The summed E-state index contributed by atoms with van der Waals surface area (Å²) in [6, 6.07) is 5.81. The average Bonchev–Trinajstić information content (AvgIpc) is 3.10. The maximum atomic E-state index is 13.3. The molecule has 2 aliphatic heterocycles. The number of carbonyl (C=O) groups is 1. The molecule has 3 heterocycles. The third-order valence-corrected chi connectivity index (χ3v) is 9.05. The van der Waals surface area contributed by atoms with Crippen LogP contribution >= 0.6 is 0 Å². The molecule has 2 N–H and O–H groups in total. The van der Waals surface area contributed by atoms with Crippen molar-refractivity contribution in [3.8, 4) is 0 Å². The van der Waals surface area contributed by atoms with E-state index in [1.165, 1.54) is 43.9 Å². The molecule has 1 atom stereocenters. The number of benzene rings is 1. The molecule has 0 aliphatic carbocycles. The number of nitrogens with one attached hydrogen (secondary N) is 2. The Kier molecular flexibility index (Phi) is 8.06. The van der Waals surface area contributed by atoms with Gasteiger partial charge in [0.25, 0.3) is 5.91 Å². The van der Waals surface area contributed by atoms with Crippen LogP contribution < -0.4 is 10.9 Å². The second-order valence-corrected chi connectivity index (χ2v) is 11.5. The van der Waals surface area contributed by atoms with Gasteiger partial charge in [-0.05, 0) is 76.9 Å². The van der Waals surface area contributed by atoms with Crippen molar-refractivity contribution in [1.29, 1.82) is 0 Å². The van der Waals surface area contributed by atoms with Crippen molar-refractivity contribution in [2.45, 2.75) is 69.2 Å². The van der Waals surface area contributed by atoms with E-state index < -0.39 is 10.0 Å². The minimum Gasteiger partial charge on any atom is -0.352 e. The first kappa shape index (κ1) is 24.9. The first-order valence-electron chi connectivity index (χ1n) is 12.6. The Morgan fingerprint density at radius 3 is 2.53 bits per heavy atom. The van der Waals surface area contributed by atoms with E-state index in [0.29, 0.717) is 24.0 Å². The average molecular weight is 489 g/mol. The molecule has 9 heteroatoms. The van der Waals surface area contributed by atoms with Gasteiger partial charge in [-0.25, -0.2) is 8.42 Å². The van der Waals surface area contributed by atoms with Crippen LogP contribution in [0.25, 0.3) is 10.9 Å². The Labute approximate surface area is 201 Å². The second kappa shape index (κ2) is 11.0. The third-order valence-electron chi connectivity index (χ3n) is 7.04. The van der Waals surface area contributed by atoms with Gasteiger partial charge in [0, 0.05) is 36.1 Å². The summed E-state index contributed by atoms with van der Waals surface area (Å²) in [7, 11) is -3.69. The van der Waals surface area contributed by atoms with Crippen molar-refractivity contribution < 1.29 is 13.2 Å². The third kappa shape index (κ3) is 5.70. The summed E-state index contributed by atoms with van der Waals surface area (Å²) in [6.07, 6.45) is 8.57. The van der Waals surface area contributed by atoms with Crippen LogP contribution in [0.2, 0.25) is 0 Å². The van der Waals surface area contributed by atoms with Crippen LogP contribution in [-0.4, -0.2) is 67.3 Å². The number of H-pyrrole nitrogens is 1. The van der Waals surface area contributed by atoms with Gasteiger partial charge in [-0.2, -0.15) is 4.31 Å². The summed E-state index contributed by atoms with van der Waals surface area (Å²) in [6.45, 7) is 6.09. The Balaban J connectivity index is 1.51. The van der Waals surface area contributed by atoms with Crippen LogP contribution in [0.15, 0.2) is 34.0 Å². The lowest BCUT2D eigenvalue weighted by Crippen LogP contribution is -2.41. The molecule has 0 unspecified atom stereocenters. The SMILES string of the molecule is C[C@H]1CCCCN1S(=O)(=O)c1ccc2[nH]c(=O)cc(C(=O)NCCCN3CCCCCC3)c2c1. The summed E-state index contributed by atoms with van der Waals surface area (Å²) in [5.74, 6) is -0.354. The molecule has 2 aromatic rings. The van der Waals surface area contributed by atoms with Crippen LogP contribution in [0.4, 0.5) is 0 Å². The highest BCUT2D eigenvalue weighted by atomic mass is 32.2. The van der Waals surface area contributed by atoms with Gasteiger partial charge >= 0.3 is 0 Å². The predicted molar refractivity (Wildman–Crippen MR) is 134 cm³/mol. The van der Waals surface area contributed by atoms with Crippen LogP contribution in [-0.2, 0) is 10.0 Å². The first-order valence-corrected chi connectivity index (χ1v) is 14.0. The number of hydrogen-bond donors (Lipinski definition) is 2. The van der Waals surface area contributed by atoms with Crippen LogP contribution in [0, 0.1) is 0 Å². The van der Waals surface area contributed by atoms with E-state index in [2.05, 4.69) is 15.2 Å². The van der Waals surface area contributed by atoms with Crippen molar-refractivity contribution in [3.63, 3.8) is 0 Å². The normalized spacial score (nSPS) is 20.8. The fourth-order valence-electron chi connectivity index (χ4n) is 5.11. The Morgan fingerprint density at radius 1 is 1.06 bits per heavy atom. The molecule has 1 aromatic heterocycles. The number of aromatic amines is 1. The lowest BCUT2D eigenvalue weighted by molar-refractivity contribution is 0.0953. The van der Waals surface area contributed by atoms with E-state index in [-0.39, 0.29) is 28.0 Å². The van der Waals surface area contributed by atoms with Gasteiger partial charge in [0.1, 0.15) is 0 Å². The summed E-state index contributed by atoms with van der Waals surface area (Å²) < 4.78 is 28.2. The smallest absolute Gasteiger partial charge is 0.252 e. The van der Waals surface area contributed by atoms with Crippen molar-refractivity contribution in [1.82, 2.24) is 19.5 Å². The number of likely N-dealkylation sites (tertiary alicyclic amines) is 1. The van der Waals surface area contributed by atoms with Gasteiger partial charge in [-0.1, -0.05) is 19.3 Å². The quantitative estimate of drug-likeness (QED) is 0.583. The zero-order chi connectivity index (χ0) is 24.1. The highest BCUT2D eigenvalue weighted by Gasteiger charge is 2.31. The molecule has 0 bridgehead atoms. The molecule has 0 spiro atoms. The molecule has 8 nitrogen and oxygen atoms in total. The Bertz CT molecular complexity index is 1170. The summed E-state index contributed by atoms with van der Waals surface area (Å²) in [4.78, 5) is 30.5. The molecule has 0 radical (unpaired) electrons. The van der Waals surface area contributed by atoms with Crippen LogP contribution in [0.5, 0.6) is 0 Å². The van der Waals surface area contributed by atoms with Gasteiger partial charge < -0.3 is 15.2 Å². The van der Waals surface area contributed by atoms with Gasteiger partial charge in [-0.15, -0.1) is 0 Å². The van der Waals surface area contributed by atoms with Gasteiger partial charge in [-0.3, -0.25) is 9.59 Å². The van der Waals surface area contributed by atoms with E-state index in [0.717, 1.165) is 45.3 Å². The number of piperidine rings is 1. The van der Waals surface area contributed by atoms with Crippen molar-refractivity contribution >= 4 is 26.8 Å². The van der Waals surface area contributed by atoms with Gasteiger partial charge in [0.15, 0.2) is 0 Å². The summed E-state index contributed by atoms with van der Waals surface area (Å²) in [5.41, 5.74) is 0.271. The number of rotatable bonds is 7. The highest BCUT2D eigenvalue weighted by Crippen LogP contribution is 2.27. The minimum absolute atomic E-state index is 0.0583. The van der Waals surface area contributed by atoms with Gasteiger partial charge in [0.05, 0.1) is 10.5 Å². The van der Waals surface area contributed by atoms with E-state index in [4.69, 9.17) is 0 Å². The molecule has 1 aromatic carbocycles. The fraction of sp³-hybridized carbons (Fsp3) is 0.600. The molecule has 186 valence electrons. The highest BCUT2D eigenvalue weighted by molar-refractivity contribution is 7.89. The van der Waals surface area contributed by atoms with Crippen molar-refractivity contribution in [2.24, 2.45) is 0 Å². The molecule has 34 heavy (non-hydrogen) atoms. The lowest BCUT2D eigenvalue weighted by Gasteiger charge is -2.32. The van der Waals surface area contributed by atoms with Crippen LogP contribution in [0.1, 0.15) is 68.6 Å². The van der Waals surface area contributed by atoms with E-state index in [9.17, 15) is 18.0 Å². The fourth-order valence-corrected chi connectivity index (χ4v) is 6.83. The summed E-state index contributed by atoms with van der Waals surface area (Å²) >= 11 is 0. The molecule has 1 amide bonds. The first-order chi connectivity index (χ1) is 16.4. The standard InChI is InChI=1S/C25H36N4O4S/c1-19-9-4-7-16-29(19)34(32,33)20-10-11-23-21(17-20)22(18-24(30)27-23)25(31)26-12-8-15-28-13-5-2-3-6-14-28/h10-11,17-19H,2-9,12-16H2,1H3,(H,26,31)(H,27,30)/t19-/m0/s1. The topological polar surface area (TPSA) is 103 Å². The number of carbonyl (C=O) groups excluding carboxylic acids is 1. The Hall–Kier alpha value is -2.23. The van der Waals surface area contributed by atoms with Crippen molar-refractivity contribution in [2.75, 3.05) is 32.7 Å². The number of pyridine rings is 1. The van der Waals surface area contributed by atoms with E-state index in [1.54, 1.807) is 10.4 Å². The molecule has 2 saturated heterocycles. The summed E-state index contributed by atoms with van der Waals surface area (Å²) in [5, 5.41) is 3.36. The minimum atomic E-state index is -3.69. The molecule has 4 rings (SSSR count). The number of hydrogen-bond acceptors (Lipinski definition) is 5. The number of aromatic nitrogens is 1. The monoisotopic (exact) mass is 488 g/mol. The zero-order valence-corrected chi connectivity index (χ0v) is 20.8. The molecular weight excluding hydrogens is 452 g/mol. The van der Waals surface area contributed by atoms with Crippen molar-refractivity contribution in [3.05, 3.63) is 40.2 Å². The number of nitrogens with zero attached hydrogens (tertiary/aromatic N) is 2. The number of fused-ring (bicyclic) bond motifs is 1. The maximum absolute atomic E-state index is 13.3. The zero-order valence-electron chi connectivity index (χ0n) is 20.0. The second-order valence-electron chi connectivity index (χ2n) is 9.58. The lowest BCUT2D eigenvalue weighted by atomic mass is 10.1. The molecule has 2 aliphatic rings. The Morgan fingerprint density at radius 2 is 1.79 bits per heavy atom.